The number of alkyl halides is 1. The third kappa shape index (κ3) is 12.7. The highest BCUT2D eigenvalue weighted by Gasteiger charge is 2.19. The number of ether oxygens (including phenoxy) is 1. The third-order valence-corrected chi connectivity index (χ3v) is 5.36. The lowest BCUT2D eigenvalue weighted by atomic mass is 10.1. The van der Waals surface area contributed by atoms with Crippen LogP contribution in [0.5, 0.6) is 0 Å². The van der Waals surface area contributed by atoms with E-state index in [4.69, 9.17) is 32.1 Å². The van der Waals surface area contributed by atoms with Gasteiger partial charge in [0.1, 0.15) is 11.9 Å². The minimum absolute atomic E-state index is 0.0320. The Morgan fingerprint density at radius 2 is 1.84 bits per heavy atom. The van der Waals surface area contributed by atoms with E-state index in [1.54, 1.807) is 4.90 Å². The molecule has 10 heteroatoms. The number of hydrogen-bond acceptors (Lipinski definition) is 5. The quantitative estimate of drug-likeness (QED) is 0.254. The van der Waals surface area contributed by atoms with Gasteiger partial charge in [-0.05, 0) is 32.8 Å². The number of carbonyl (C=O) groups excluding carboxylic acids is 1. The summed E-state index contributed by atoms with van der Waals surface area (Å²) in [6.07, 6.45) is 0.0000772. The first-order valence-corrected chi connectivity index (χ1v) is 12.7. The second kappa shape index (κ2) is 15.2. The van der Waals surface area contributed by atoms with Crippen LogP contribution in [0.2, 0.25) is 0 Å². The monoisotopic (exact) mass is 476 g/mol. The van der Waals surface area contributed by atoms with Crippen LogP contribution in [0.3, 0.4) is 0 Å². The fourth-order valence-corrected chi connectivity index (χ4v) is 3.45. The summed E-state index contributed by atoms with van der Waals surface area (Å²) in [6, 6.07) is 8.85. The SMILES string of the molecule is CCOCCN(C(=O)CCl)C(=C(C)C)c1ccccc1.CP(=O)(O)CCC(N)C(=O)O. The molecule has 0 radical (unpaired) electrons. The number of allylic oxidation sites excluding steroid dienone is 1. The van der Waals surface area contributed by atoms with E-state index in [1.807, 2.05) is 51.1 Å². The zero-order valence-electron chi connectivity index (χ0n) is 18.6. The van der Waals surface area contributed by atoms with Gasteiger partial charge in [0, 0.05) is 31.7 Å². The molecule has 0 saturated carbocycles. The molecule has 8 nitrogen and oxygen atoms in total. The summed E-state index contributed by atoms with van der Waals surface area (Å²) in [7, 11) is -3.10. The molecule has 0 bridgehead atoms. The van der Waals surface area contributed by atoms with E-state index in [0.29, 0.717) is 19.8 Å². The van der Waals surface area contributed by atoms with Crippen molar-refractivity contribution in [1.82, 2.24) is 4.90 Å². The lowest BCUT2D eigenvalue weighted by Gasteiger charge is -2.26. The van der Waals surface area contributed by atoms with Crippen LogP contribution in [0.15, 0.2) is 35.9 Å². The number of rotatable bonds is 11. The average molecular weight is 477 g/mol. The molecule has 1 aromatic rings. The minimum atomic E-state index is -3.10. The first-order valence-electron chi connectivity index (χ1n) is 9.89. The van der Waals surface area contributed by atoms with Crippen molar-refractivity contribution in [2.75, 3.05) is 38.5 Å². The van der Waals surface area contributed by atoms with Gasteiger partial charge in [0.2, 0.25) is 5.91 Å². The van der Waals surface area contributed by atoms with Crippen molar-refractivity contribution in [1.29, 1.82) is 0 Å². The standard InChI is InChI=1S/C16H22ClNO2.C5H12NO4P/c1-4-20-11-10-18(15(19)12-17)16(13(2)3)14-8-6-5-7-9-14;1-11(9,10)3-2-4(6)5(7)8/h5-9H,4,10-12H2,1-3H3;4H,2-3,6H2,1H3,(H,7,8)(H,9,10). The maximum Gasteiger partial charge on any atom is 0.320 e. The summed E-state index contributed by atoms with van der Waals surface area (Å²) >= 11 is 5.74. The number of nitrogens with zero attached hydrogens (tertiary/aromatic N) is 1. The van der Waals surface area contributed by atoms with Crippen molar-refractivity contribution >= 4 is 36.5 Å². The van der Waals surface area contributed by atoms with Crippen LogP contribution >= 0.6 is 19.0 Å². The van der Waals surface area contributed by atoms with Gasteiger partial charge in [-0.2, -0.15) is 0 Å². The van der Waals surface area contributed by atoms with E-state index in [1.165, 1.54) is 6.66 Å². The molecule has 0 aliphatic carbocycles. The number of carbonyl (C=O) groups is 2. The topological polar surface area (TPSA) is 130 Å². The number of aliphatic carboxylic acids is 1. The predicted octanol–water partition coefficient (Wildman–Crippen LogP) is 3.23. The van der Waals surface area contributed by atoms with Crippen molar-refractivity contribution in [3.8, 4) is 0 Å². The van der Waals surface area contributed by atoms with Crippen LogP contribution in [0.1, 0.15) is 32.8 Å². The van der Waals surface area contributed by atoms with E-state index in [-0.39, 0.29) is 24.4 Å². The van der Waals surface area contributed by atoms with Crippen LogP contribution in [-0.4, -0.2) is 71.3 Å². The first kappa shape index (κ1) is 29.3. The molecule has 176 valence electrons. The highest BCUT2D eigenvalue weighted by Crippen LogP contribution is 2.35. The Balaban J connectivity index is 0.000000695. The summed E-state index contributed by atoms with van der Waals surface area (Å²) in [5.41, 5.74) is 8.10. The summed E-state index contributed by atoms with van der Waals surface area (Å²) < 4.78 is 16.0. The Bertz CT molecular complexity index is 762. The van der Waals surface area contributed by atoms with Gasteiger partial charge < -0.3 is 25.4 Å². The number of nitrogens with two attached hydrogens (primary N) is 1. The minimum Gasteiger partial charge on any atom is -0.480 e. The molecule has 0 aromatic heterocycles. The number of carboxylic acids is 1. The van der Waals surface area contributed by atoms with E-state index < -0.39 is 19.4 Å². The molecule has 1 rings (SSSR count). The third-order valence-electron chi connectivity index (χ3n) is 4.04. The van der Waals surface area contributed by atoms with Gasteiger partial charge in [-0.15, -0.1) is 11.6 Å². The normalized spacial score (nSPS) is 13.3. The molecule has 0 aliphatic rings. The van der Waals surface area contributed by atoms with Crippen LogP contribution in [0.4, 0.5) is 0 Å². The number of halogens is 1. The van der Waals surface area contributed by atoms with Gasteiger partial charge in [0.25, 0.3) is 0 Å². The molecule has 4 N–H and O–H groups in total. The molecule has 2 unspecified atom stereocenters. The van der Waals surface area contributed by atoms with Gasteiger partial charge in [0.05, 0.1) is 6.61 Å². The molecule has 0 saturated heterocycles. The Morgan fingerprint density at radius 3 is 2.26 bits per heavy atom. The fourth-order valence-electron chi connectivity index (χ4n) is 2.55. The maximum atomic E-state index is 12.1. The lowest BCUT2D eigenvalue weighted by Crippen LogP contribution is -2.34. The van der Waals surface area contributed by atoms with Crippen molar-refractivity contribution in [2.45, 2.75) is 33.2 Å². The second-order valence-electron chi connectivity index (χ2n) is 7.10. The highest BCUT2D eigenvalue weighted by atomic mass is 35.5. The Labute approximate surface area is 189 Å². The molecular weight excluding hydrogens is 443 g/mol. The van der Waals surface area contributed by atoms with Gasteiger partial charge >= 0.3 is 5.97 Å². The van der Waals surface area contributed by atoms with Crippen LogP contribution in [-0.2, 0) is 18.9 Å². The number of benzene rings is 1. The number of amides is 1. The molecule has 0 aliphatic heterocycles. The van der Waals surface area contributed by atoms with E-state index >= 15 is 0 Å². The van der Waals surface area contributed by atoms with Crippen molar-refractivity contribution in [2.24, 2.45) is 5.73 Å². The first-order chi connectivity index (χ1) is 14.4. The predicted molar refractivity (Wildman–Crippen MR) is 124 cm³/mol. The molecule has 31 heavy (non-hydrogen) atoms. The van der Waals surface area contributed by atoms with Crippen LogP contribution in [0, 0.1) is 0 Å². The smallest absolute Gasteiger partial charge is 0.320 e. The number of hydrogen-bond donors (Lipinski definition) is 3. The summed E-state index contributed by atoms with van der Waals surface area (Å²) in [6.45, 7) is 8.76. The second-order valence-corrected chi connectivity index (χ2v) is 9.91. The van der Waals surface area contributed by atoms with Crippen molar-refractivity contribution in [3.63, 3.8) is 0 Å². The molecule has 0 spiro atoms. The fraction of sp³-hybridized carbons (Fsp3) is 0.524. The lowest BCUT2D eigenvalue weighted by molar-refractivity contribution is -0.138. The van der Waals surface area contributed by atoms with Crippen LogP contribution in [0.25, 0.3) is 5.70 Å². The molecule has 1 amide bonds. The number of carboxylic acid groups (broad SMARTS) is 1. The Morgan fingerprint density at radius 1 is 1.26 bits per heavy atom. The molecular formula is C21H34ClN2O6P. The zero-order chi connectivity index (χ0) is 24.0. The summed E-state index contributed by atoms with van der Waals surface area (Å²) in [5, 5.41) is 8.28. The Kier molecular flexibility index (Phi) is 14.3. The van der Waals surface area contributed by atoms with E-state index in [2.05, 4.69) is 0 Å². The summed E-state index contributed by atoms with van der Waals surface area (Å²) in [5.74, 6) is -1.28. The van der Waals surface area contributed by atoms with Gasteiger partial charge in [-0.25, -0.2) is 0 Å². The average Bonchev–Trinajstić information content (AvgIpc) is 2.71. The Hall–Kier alpha value is -1.70. The van der Waals surface area contributed by atoms with Gasteiger partial charge in [0.15, 0.2) is 7.37 Å². The molecule has 1 aromatic carbocycles. The van der Waals surface area contributed by atoms with Crippen molar-refractivity contribution < 1.29 is 28.9 Å². The maximum absolute atomic E-state index is 12.1. The highest BCUT2D eigenvalue weighted by molar-refractivity contribution is 7.57. The van der Waals surface area contributed by atoms with Crippen molar-refractivity contribution in [3.05, 3.63) is 41.5 Å². The zero-order valence-corrected chi connectivity index (χ0v) is 20.2. The van der Waals surface area contributed by atoms with Crippen LogP contribution < -0.4 is 5.73 Å². The molecule has 2 atom stereocenters. The van der Waals surface area contributed by atoms with E-state index in [9.17, 15) is 14.2 Å². The summed E-state index contributed by atoms with van der Waals surface area (Å²) in [4.78, 5) is 32.7. The van der Waals surface area contributed by atoms with E-state index in [0.717, 1.165) is 16.8 Å². The molecule has 0 heterocycles. The molecule has 0 fully saturated rings. The van der Waals surface area contributed by atoms with Gasteiger partial charge in [-0.3, -0.25) is 14.2 Å². The van der Waals surface area contributed by atoms with Gasteiger partial charge in [-0.1, -0.05) is 35.9 Å². The largest absolute Gasteiger partial charge is 0.480 e.